The van der Waals surface area contributed by atoms with Gasteiger partial charge in [-0.2, -0.15) is 0 Å². The molecule has 1 unspecified atom stereocenters. The molecule has 29 heavy (non-hydrogen) atoms. The Morgan fingerprint density at radius 3 is 2.79 bits per heavy atom. The molecule has 0 radical (unpaired) electrons. The first-order chi connectivity index (χ1) is 14.0. The third-order valence-corrected chi connectivity index (χ3v) is 6.07. The highest BCUT2D eigenvalue weighted by Gasteiger charge is 2.30. The van der Waals surface area contributed by atoms with Crippen molar-refractivity contribution < 1.29 is 4.79 Å². The second-order valence-electron chi connectivity index (χ2n) is 8.11. The highest BCUT2D eigenvalue weighted by atomic mass is 35.5. The largest absolute Gasteiger partial charge is 0.357 e. The van der Waals surface area contributed by atoms with E-state index in [0.717, 1.165) is 37.1 Å². The highest BCUT2D eigenvalue weighted by molar-refractivity contribution is 6.33. The molecule has 1 saturated heterocycles. The van der Waals surface area contributed by atoms with Crippen molar-refractivity contribution in [2.24, 2.45) is 4.99 Å². The van der Waals surface area contributed by atoms with Crippen LogP contribution in [0.25, 0.3) is 0 Å². The fraction of sp³-hybridized carbons (Fsp3) is 0.636. The van der Waals surface area contributed by atoms with Gasteiger partial charge in [0.05, 0.1) is 17.3 Å². The zero-order valence-corrected chi connectivity index (χ0v) is 18.4. The number of likely N-dealkylation sites (tertiary alicyclic amines) is 1. The van der Waals surface area contributed by atoms with Gasteiger partial charge in [0.25, 0.3) is 0 Å². The summed E-state index contributed by atoms with van der Waals surface area (Å²) in [5, 5.41) is 10.3. The van der Waals surface area contributed by atoms with Crippen LogP contribution in [-0.2, 0) is 4.79 Å². The Balaban J connectivity index is 1.45. The number of amides is 1. The van der Waals surface area contributed by atoms with Crippen molar-refractivity contribution in [3.8, 4) is 0 Å². The van der Waals surface area contributed by atoms with Gasteiger partial charge in [0.2, 0.25) is 5.91 Å². The molecule has 2 fully saturated rings. The summed E-state index contributed by atoms with van der Waals surface area (Å²) in [6.07, 6.45) is 6.91. The first-order valence-corrected chi connectivity index (χ1v) is 11.3. The molecule has 0 bridgehead atoms. The average Bonchev–Trinajstić information content (AvgIpc) is 3.36. The number of guanidine groups is 1. The standard InChI is InChI=1S/C22H34ClN5O/c1-3-24-22(26-17-11-13-28(15-17)18-6-4-5-7-18)25-12-10-21(29)27-20-9-8-16(2)14-19(20)23/h8-9,14,17-18H,3-7,10-13,15H2,1-2H3,(H,27,29)(H2,24,25,26). The van der Waals surface area contributed by atoms with Crippen molar-refractivity contribution in [3.05, 3.63) is 28.8 Å². The fourth-order valence-corrected chi connectivity index (χ4v) is 4.51. The van der Waals surface area contributed by atoms with E-state index in [1.807, 2.05) is 25.1 Å². The van der Waals surface area contributed by atoms with Crippen LogP contribution < -0.4 is 16.0 Å². The molecule has 160 valence electrons. The van der Waals surface area contributed by atoms with E-state index in [1.54, 1.807) is 0 Å². The van der Waals surface area contributed by atoms with E-state index in [1.165, 1.54) is 32.2 Å². The minimum atomic E-state index is -0.0800. The van der Waals surface area contributed by atoms with Crippen LogP contribution >= 0.6 is 11.6 Å². The number of anilines is 1. The number of hydrogen-bond acceptors (Lipinski definition) is 3. The lowest BCUT2D eigenvalue weighted by atomic mass is 10.2. The topological polar surface area (TPSA) is 68.8 Å². The Hall–Kier alpha value is -1.79. The third kappa shape index (κ3) is 6.61. The quantitative estimate of drug-likeness (QED) is 0.467. The van der Waals surface area contributed by atoms with Crippen LogP contribution in [0.2, 0.25) is 5.02 Å². The van der Waals surface area contributed by atoms with Crippen molar-refractivity contribution >= 4 is 29.2 Å². The van der Waals surface area contributed by atoms with Crippen molar-refractivity contribution in [3.63, 3.8) is 0 Å². The van der Waals surface area contributed by atoms with E-state index in [9.17, 15) is 4.79 Å². The SMILES string of the molecule is CCNC(=NCCC(=O)Nc1ccc(C)cc1Cl)NC1CCN(C2CCCC2)C1. The molecule has 1 amide bonds. The van der Waals surface area contributed by atoms with Crippen LogP contribution in [0, 0.1) is 6.92 Å². The van der Waals surface area contributed by atoms with Gasteiger partial charge in [0, 0.05) is 38.1 Å². The maximum absolute atomic E-state index is 12.2. The number of carbonyl (C=O) groups excluding carboxylic acids is 1. The molecular formula is C22H34ClN5O. The van der Waals surface area contributed by atoms with Gasteiger partial charge in [-0.25, -0.2) is 0 Å². The van der Waals surface area contributed by atoms with Gasteiger partial charge in [0.1, 0.15) is 0 Å². The molecule has 1 aliphatic heterocycles. The number of nitrogens with zero attached hydrogens (tertiary/aromatic N) is 2. The molecule has 1 heterocycles. The summed E-state index contributed by atoms with van der Waals surface area (Å²) in [7, 11) is 0. The minimum Gasteiger partial charge on any atom is -0.357 e. The van der Waals surface area contributed by atoms with Crippen molar-refractivity contribution in [1.29, 1.82) is 0 Å². The van der Waals surface area contributed by atoms with E-state index >= 15 is 0 Å². The molecule has 6 nitrogen and oxygen atoms in total. The summed E-state index contributed by atoms with van der Waals surface area (Å²) in [4.78, 5) is 19.5. The maximum atomic E-state index is 12.2. The van der Waals surface area contributed by atoms with Gasteiger partial charge < -0.3 is 16.0 Å². The first kappa shape index (κ1) is 21.9. The van der Waals surface area contributed by atoms with E-state index in [0.29, 0.717) is 29.7 Å². The number of aliphatic imine (C=N–C) groups is 1. The van der Waals surface area contributed by atoms with Gasteiger partial charge in [-0.3, -0.25) is 14.7 Å². The number of rotatable bonds is 7. The highest BCUT2D eigenvalue weighted by Crippen LogP contribution is 2.26. The summed E-state index contributed by atoms with van der Waals surface area (Å²) in [5.74, 6) is 0.718. The number of nitrogens with one attached hydrogen (secondary N) is 3. The third-order valence-electron chi connectivity index (χ3n) is 5.75. The lowest BCUT2D eigenvalue weighted by Crippen LogP contribution is -2.45. The molecule has 1 saturated carbocycles. The van der Waals surface area contributed by atoms with Crippen LogP contribution in [0.4, 0.5) is 5.69 Å². The normalized spacial score (nSPS) is 20.8. The zero-order chi connectivity index (χ0) is 20.6. The Bertz CT molecular complexity index is 717. The second kappa shape index (κ2) is 10.8. The summed E-state index contributed by atoms with van der Waals surface area (Å²) < 4.78 is 0. The smallest absolute Gasteiger partial charge is 0.226 e. The summed E-state index contributed by atoms with van der Waals surface area (Å²) in [6.45, 7) is 7.52. The molecule has 1 atom stereocenters. The molecule has 1 aromatic rings. The molecule has 1 aliphatic carbocycles. The van der Waals surface area contributed by atoms with Crippen LogP contribution in [0.3, 0.4) is 0 Å². The van der Waals surface area contributed by atoms with E-state index < -0.39 is 0 Å². The number of carbonyl (C=O) groups is 1. The van der Waals surface area contributed by atoms with E-state index in [4.69, 9.17) is 11.6 Å². The zero-order valence-electron chi connectivity index (χ0n) is 17.6. The Morgan fingerprint density at radius 2 is 2.07 bits per heavy atom. The monoisotopic (exact) mass is 419 g/mol. The lowest BCUT2D eigenvalue weighted by molar-refractivity contribution is -0.116. The molecule has 3 N–H and O–H groups in total. The number of benzene rings is 1. The van der Waals surface area contributed by atoms with Gasteiger partial charge in [-0.15, -0.1) is 0 Å². The summed E-state index contributed by atoms with van der Waals surface area (Å²) in [6, 6.07) is 6.82. The van der Waals surface area contributed by atoms with Crippen LogP contribution in [0.5, 0.6) is 0 Å². The molecular weight excluding hydrogens is 386 g/mol. The van der Waals surface area contributed by atoms with Crippen LogP contribution in [-0.4, -0.2) is 55.0 Å². The number of hydrogen-bond donors (Lipinski definition) is 3. The van der Waals surface area contributed by atoms with Gasteiger partial charge in [0.15, 0.2) is 5.96 Å². The molecule has 1 aromatic carbocycles. The van der Waals surface area contributed by atoms with Crippen molar-refractivity contribution in [2.75, 3.05) is 31.5 Å². The van der Waals surface area contributed by atoms with E-state index in [2.05, 4.69) is 32.8 Å². The molecule has 2 aliphatic rings. The minimum absolute atomic E-state index is 0.0800. The average molecular weight is 420 g/mol. The lowest BCUT2D eigenvalue weighted by Gasteiger charge is -2.24. The first-order valence-electron chi connectivity index (χ1n) is 10.9. The van der Waals surface area contributed by atoms with Crippen molar-refractivity contribution in [2.45, 2.75) is 64.5 Å². The van der Waals surface area contributed by atoms with Crippen LogP contribution in [0.15, 0.2) is 23.2 Å². The Morgan fingerprint density at radius 1 is 1.28 bits per heavy atom. The summed E-state index contributed by atoms with van der Waals surface area (Å²) >= 11 is 6.19. The fourth-order valence-electron chi connectivity index (χ4n) is 4.22. The van der Waals surface area contributed by atoms with Crippen molar-refractivity contribution in [1.82, 2.24) is 15.5 Å². The second-order valence-corrected chi connectivity index (χ2v) is 8.51. The van der Waals surface area contributed by atoms with Gasteiger partial charge in [-0.1, -0.05) is 30.5 Å². The molecule has 0 aromatic heterocycles. The van der Waals surface area contributed by atoms with E-state index in [-0.39, 0.29) is 5.91 Å². The Kier molecular flexibility index (Phi) is 8.19. The number of halogens is 1. The van der Waals surface area contributed by atoms with Crippen LogP contribution in [0.1, 0.15) is 51.0 Å². The maximum Gasteiger partial charge on any atom is 0.226 e. The molecule has 0 spiro atoms. The number of aryl methyl sites for hydroxylation is 1. The molecule has 3 rings (SSSR count). The van der Waals surface area contributed by atoms with Gasteiger partial charge in [-0.05, 0) is 50.8 Å². The Labute approximate surface area is 179 Å². The predicted octanol–water partition coefficient (Wildman–Crippen LogP) is 3.55. The van der Waals surface area contributed by atoms with Gasteiger partial charge >= 0.3 is 0 Å². The summed E-state index contributed by atoms with van der Waals surface area (Å²) in [5.41, 5.74) is 1.71. The predicted molar refractivity (Wildman–Crippen MR) is 121 cm³/mol. The molecule has 7 heteroatoms.